The molecule has 0 spiro atoms. The highest BCUT2D eigenvalue weighted by Gasteiger charge is 2.24. The number of nitrogens with one attached hydrogen (secondary N) is 1. The van der Waals surface area contributed by atoms with Crippen LogP contribution in [0.3, 0.4) is 0 Å². The summed E-state index contributed by atoms with van der Waals surface area (Å²) in [5.41, 5.74) is 1.09. The second-order valence-corrected chi connectivity index (χ2v) is 4.88. The van der Waals surface area contributed by atoms with Crippen molar-refractivity contribution in [2.45, 2.75) is 52.7 Å². The molecule has 0 aliphatic heterocycles. The Morgan fingerprint density at radius 2 is 2.26 bits per heavy atom. The fourth-order valence-electron chi connectivity index (χ4n) is 1.96. The van der Waals surface area contributed by atoms with E-state index in [-0.39, 0.29) is 17.9 Å². The van der Waals surface area contributed by atoms with Gasteiger partial charge in [0.05, 0.1) is 13.3 Å². The van der Waals surface area contributed by atoms with Gasteiger partial charge in [-0.25, -0.2) is 0 Å². The highest BCUT2D eigenvalue weighted by molar-refractivity contribution is 5.75. The molecule has 0 radical (unpaired) electrons. The smallest absolute Gasteiger partial charge is 0.323 e. The topological polar surface area (TPSA) is 56.2 Å². The van der Waals surface area contributed by atoms with Crippen LogP contribution in [-0.2, 0) is 22.6 Å². The maximum absolute atomic E-state index is 11.7. The summed E-state index contributed by atoms with van der Waals surface area (Å²) in [6.45, 7) is 7.80. The molecule has 0 amide bonds. The molecule has 1 N–H and O–H groups in total. The summed E-state index contributed by atoms with van der Waals surface area (Å²) in [5.74, 6) is 0.0495. The predicted molar refractivity (Wildman–Crippen MR) is 74.6 cm³/mol. The van der Waals surface area contributed by atoms with Crippen molar-refractivity contribution in [3.63, 3.8) is 0 Å². The van der Waals surface area contributed by atoms with Gasteiger partial charge in [0, 0.05) is 24.8 Å². The SMILES string of the molecule is CCCn1cc(CNC(C(=O)OC)C(C)CC)cn1. The number of hydrogen-bond donors (Lipinski definition) is 1. The van der Waals surface area contributed by atoms with Crippen molar-refractivity contribution >= 4 is 5.97 Å². The summed E-state index contributed by atoms with van der Waals surface area (Å²) in [7, 11) is 1.43. The fraction of sp³-hybridized carbons (Fsp3) is 0.714. The quantitative estimate of drug-likeness (QED) is 0.732. The third-order valence-electron chi connectivity index (χ3n) is 3.33. The average molecular weight is 267 g/mol. The molecular formula is C14H25N3O2. The van der Waals surface area contributed by atoms with Crippen LogP contribution >= 0.6 is 0 Å². The number of nitrogens with zero attached hydrogens (tertiary/aromatic N) is 2. The molecule has 0 saturated heterocycles. The lowest BCUT2D eigenvalue weighted by Crippen LogP contribution is -2.42. The van der Waals surface area contributed by atoms with Crippen LogP contribution in [0.5, 0.6) is 0 Å². The largest absolute Gasteiger partial charge is 0.468 e. The normalized spacial score (nSPS) is 14.1. The Morgan fingerprint density at radius 1 is 1.53 bits per heavy atom. The van der Waals surface area contributed by atoms with Gasteiger partial charge >= 0.3 is 5.97 Å². The van der Waals surface area contributed by atoms with Crippen molar-refractivity contribution in [3.05, 3.63) is 18.0 Å². The highest BCUT2D eigenvalue weighted by Crippen LogP contribution is 2.10. The molecule has 0 aliphatic carbocycles. The van der Waals surface area contributed by atoms with Crippen LogP contribution in [0, 0.1) is 5.92 Å². The fourth-order valence-corrected chi connectivity index (χ4v) is 1.96. The van der Waals surface area contributed by atoms with Gasteiger partial charge in [-0.05, 0) is 12.3 Å². The van der Waals surface area contributed by atoms with Crippen molar-refractivity contribution in [1.29, 1.82) is 0 Å². The Balaban J connectivity index is 2.57. The van der Waals surface area contributed by atoms with E-state index in [2.05, 4.69) is 31.2 Å². The number of ether oxygens (including phenoxy) is 1. The van der Waals surface area contributed by atoms with E-state index < -0.39 is 0 Å². The van der Waals surface area contributed by atoms with E-state index in [1.807, 2.05) is 17.1 Å². The van der Waals surface area contributed by atoms with Crippen LogP contribution in [0.15, 0.2) is 12.4 Å². The van der Waals surface area contributed by atoms with Gasteiger partial charge in [0.15, 0.2) is 0 Å². The standard InChI is InChI=1S/C14H25N3O2/c1-5-7-17-10-12(9-16-17)8-15-13(11(3)6-2)14(18)19-4/h9-11,13,15H,5-8H2,1-4H3. The van der Waals surface area contributed by atoms with Gasteiger partial charge in [0.25, 0.3) is 0 Å². The average Bonchev–Trinajstić information content (AvgIpc) is 2.86. The summed E-state index contributed by atoms with van der Waals surface area (Å²) in [6.07, 6.45) is 5.85. The second kappa shape index (κ2) is 7.94. The van der Waals surface area contributed by atoms with Crippen LogP contribution in [0.4, 0.5) is 0 Å². The number of aryl methyl sites for hydroxylation is 1. The van der Waals surface area contributed by atoms with E-state index in [9.17, 15) is 4.79 Å². The Labute approximate surface area is 115 Å². The molecule has 5 heteroatoms. The number of methoxy groups -OCH3 is 1. The van der Waals surface area contributed by atoms with Gasteiger partial charge in [-0.2, -0.15) is 5.10 Å². The van der Waals surface area contributed by atoms with Crippen LogP contribution in [0.2, 0.25) is 0 Å². The zero-order valence-electron chi connectivity index (χ0n) is 12.3. The number of carbonyl (C=O) groups excluding carboxylic acids is 1. The Hall–Kier alpha value is -1.36. The van der Waals surface area contributed by atoms with E-state index in [4.69, 9.17) is 4.74 Å². The van der Waals surface area contributed by atoms with Gasteiger partial charge < -0.3 is 4.74 Å². The van der Waals surface area contributed by atoms with Gasteiger partial charge in [-0.3, -0.25) is 14.8 Å². The van der Waals surface area contributed by atoms with Crippen LogP contribution in [0.25, 0.3) is 0 Å². The molecule has 0 fully saturated rings. The monoisotopic (exact) mass is 267 g/mol. The van der Waals surface area contributed by atoms with E-state index >= 15 is 0 Å². The van der Waals surface area contributed by atoms with Gasteiger partial charge in [-0.15, -0.1) is 0 Å². The molecule has 1 aromatic heterocycles. The molecule has 108 valence electrons. The zero-order chi connectivity index (χ0) is 14.3. The lowest BCUT2D eigenvalue weighted by atomic mass is 9.99. The first-order valence-corrected chi connectivity index (χ1v) is 6.94. The van der Waals surface area contributed by atoms with E-state index in [0.717, 1.165) is 24.9 Å². The van der Waals surface area contributed by atoms with E-state index in [1.54, 1.807) is 0 Å². The second-order valence-electron chi connectivity index (χ2n) is 4.88. The van der Waals surface area contributed by atoms with Crippen molar-refractivity contribution in [1.82, 2.24) is 15.1 Å². The number of carbonyl (C=O) groups is 1. The van der Waals surface area contributed by atoms with E-state index in [1.165, 1.54) is 7.11 Å². The molecule has 0 bridgehead atoms. The lowest BCUT2D eigenvalue weighted by molar-refractivity contribution is -0.144. The number of esters is 1. The summed E-state index contributed by atoms with van der Waals surface area (Å²) >= 11 is 0. The highest BCUT2D eigenvalue weighted by atomic mass is 16.5. The molecule has 1 heterocycles. The zero-order valence-corrected chi connectivity index (χ0v) is 12.3. The van der Waals surface area contributed by atoms with Crippen molar-refractivity contribution in [3.8, 4) is 0 Å². The molecule has 1 aromatic rings. The molecule has 5 nitrogen and oxygen atoms in total. The Kier molecular flexibility index (Phi) is 6.56. The van der Waals surface area contributed by atoms with Crippen LogP contribution in [0.1, 0.15) is 39.2 Å². The molecule has 0 aliphatic rings. The Morgan fingerprint density at radius 3 is 2.84 bits per heavy atom. The minimum absolute atomic E-state index is 0.199. The minimum Gasteiger partial charge on any atom is -0.468 e. The molecule has 0 saturated carbocycles. The molecule has 2 unspecified atom stereocenters. The minimum atomic E-state index is -0.260. The van der Waals surface area contributed by atoms with Gasteiger partial charge in [-0.1, -0.05) is 27.2 Å². The molecular weight excluding hydrogens is 242 g/mol. The third-order valence-corrected chi connectivity index (χ3v) is 3.33. The van der Waals surface area contributed by atoms with E-state index in [0.29, 0.717) is 6.54 Å². The van der Waals surface area contributed by atoms with Crippen molar-refractivity contribution < 1.29 is 9.53 Å². The first-order valence-electron chi connectivity index (χ1n) is 6.94. The number of hydrogen-bond acceptors (Lipinski definition) is 4. The predicted octanol–water partition coefficient (Wildman–Crippen LogP) is 1.97. The third kappa shape index (κ3) is 4.67. The van der Waals surface area contributed by atoms with Crippen molar-refractivity contribution in [2.75, 3.05) is 7.11 Å². The first-order chi connectivity index (χ1) is 9.12. The van der Waals surface area contributed by atoms with Crippen LogP contribution in [-0.4, -0.2) is 28.9 Å². The maximum Gasteiger partial charge on any atom is 0.323 e. The molecule has 1 rings (SSSR count). The Bertz CT molecular complexity index is 390. The van der Waals surface area contributed by atoms with Crippen LogP contribution < -0.4 is 5.32 Å². The number of aromatic nitrogens is 2. The first kappa shape index (κ1) is 15.7. The summed E-state index contributed by atoms with van der Waals surface area (Å²) in [4.78, 5) is 11.7. The maximum atomic E-state index is 11.7. The van der Waals surface area contributed by atoms with Crippen molar-refractivity contribution in [2.24, 2.45) is 5.92 Å². The molecule has 2 atom stereocenters. The summed E-state index contributed by atoms with van der Waals surface area (Å²) < 4.78 is 6.77. The number of rotatable bonds is 8. The summed E-state index contributed by atoms with van der Waals surface area (Å²) in [5, 5.41) is 7.54. The molecule has 0 aromatic carbocycles. The van der Waals surface area contributed by atoms with Gasteiger partial charge in [0.2, 0.25) is 0 Å². The molecule has 19 heavy (non-hydrogen) atoms. The van der Waals surface area contributed by atoms with Gasteiger partial charge in [0.1, 0.15) is 6.04 Å². The lowest BCUT2D eigenvalue weighted by Gasteiger charge is -2.21. The summed E-state index contributed by atoms with van der Waals surface area (Å²) in [6, 6.07) is -0.260.